The average molecular weight is 268 g/mol. The average Bonchev–Trinajstić information content (AvgIpc) is 2.83. The van der Waals surface area contributed by atoms with Gasteiger partial charge >= 0.3 is 5.76 Å². The zero-order valence-corrected chi connectivity index (χ0v) is 12.6. The molecule has 19 heavy (non-hydrogen) atoms. The Morgan fingerprint density at radius 3 is 2.26 bits per heavy atom. The van der Waals surface area contributed by atoms with E-state index in [-0.39, 0.29) is 5.41 Å². The molecule has 1 rings (SSSR count). The lowest BCUT2D eigenvalue weighted by molar-refractivity contribution is 0.283. The first-order valence-corrected chi connectivity index (χ1v) is 7.68. The Labute approximate surface area is 116 Å². The van der Waals surface area contributed by atoms with E-state index in [1.54, 1.807) is 0 Å². The van der Waals surface area contributed by atoms with Gasteiger partial charge in [0.1, 0.15) is 0 Å². The fourth-order valence-corrected chi connectivity index (χ4v) is 2.51. The van der Waals surface area contributed by atoms with Gasteiger partial charge in [0.05, 0.1) is 0 Å². The van der Waals surface area contributed by atoms with E-state index >= 15 is 0 Å². The van der Waals surface area contributed by atoms with Crippen molar-refractivity contribution in [2.24, 2.45) is 0 Å². The fourth-order valence-electron chi connectivity index (χ4n) is 2.51. The summed E-state index contributed by atoms with van der Waals surface area (Å²) >= 11 is 0. The van der Waals surface area contributed by atoms with Gasteiger partial charge in [-0.3, -0.25) is 0 Å². The molecule has 0 radical (unpaired) electrons. The van der Waals surface area contributed by atoms with Crippen molar-refractivity contribution in [2.75, 3.05) is 0 Å². The molecule has 0 aromatic carbocycles. The minimum Gasteiger partial charge on any atom is -0.392 e. The Balaban J connectivity index is 2.57. The fraction of sp³-hybridized carbons (Fsp3) is 0.867. The summed E-state index contributed by atoms with van der Waals surface area (Å²) in [6.07, 6.45) is 10.7. The molecular formula is C15H28N2O2. The maximum Gasteiger partial charge on any atom is 0.434 e. The summed E-state index contributed by atoms with van der Waals surface area (Å²) in [7, 11) is 0. The molecule has 0 saturated heterocycles. The van der Waals surface area contributed by atoms with Gasteiger partial charge in [0.15, 0.2) is 0 Å². The van der Waals surface area contributed by atoms with Gasteiger partial charge in [0.2, 0.25) is 5.89 Å². The van der Waals surface area contributed by atoms with Gasteiger partial charge in [-0.2, -0.15) is 0 Å². The lowest BCUT2D eigenvalue weighted by atomic mass is 9.80. The van der Waals surface area contributed by atoms with Crippen LogP contribution in [0.2, 0.25) is 0 Å². The maximum absolute atomic E-state index is 11.1. The summed E-state index contributed by atoms with van der Waals surface area (Å²) in [5.41, 5.74) is -0.0958. The van der Waals surface area contributed by atoms with Crippen molar-refractivity contribution in [1.29, 1.82) is 0 Å². The smallest absolute Gasteiger partial charge is 0.392 e. The van der Waals surface area contributed by atoms with Crippen LogP contribution in [0.1, 0.15) is 84.4 Å². The molecule has 0 amide bonds. The van der Waals surface area contributed by atoms with Crippen molar-refractivity contribution in [2.45, 2.75) is 84.0 Å². The van der Waals surface area contributed by atoms with Crippen molar-refractivity contribution >= 4 is 0 Å². The van der Waals surface area contributed by atoms with Crippen molar-refractivity contribution in [3.05, 3.63) is 16.4 Å². The van der Waals surface area contributed by atoms with E-state index in [0.717, 1.165) is 25.7 Å². The zero-order valence-electron chi connectivity index (χ0n) is 12.6. The summed E-state index contributed by atoms with van der Waals surface area (Å²) in [5.74, 6) is 0.144. The molecule has 1 heterocycles. The number of nitrogens with one attached hydrogen (secondary N) is 1. The number of hydrogen-bond donors (Lipinski definition) is 1. The highest BCUT2D eigenvalue weighted by molar-refractivity contribution is 5.00. The van der Waals surface area contributed by atoms with Crippen LogP contribution in [-0.2, 0) is 5.41 Å². The van der Waals surface area contributed by atoms with Gasteiger partial charge in [-0.05, 0) is 12.8 Å². The van der Waals surface area contributed by atoms with Crippen LogP contribution in [0.5, 0.6) is 0 Å². The number of unbranched alkanes of at least 4 members (excludes halogenated alkanes) is 5. The van der Waals surface area contributed by atoms with E-state index in [2.05, 4.69) is 31.0 Å². The number of nitrogens with zero attached hydrogens (tertiary/aromatic N) is 1. The van der Waals surface area contributed by atoms with Crippen LogP contribution in [-0.4, -0.2) is 10.2 Å². The largest absolute Gasteiger partial charge is 0.434 e. The molecule has 0 bridgehead atoms. The number of H-pyrrole nitrogens is 1. The molecule has 110 valence electrons. The van der Waals surface area contributed by atoms with Crippen LogP contribution in [0, 0.1) is 0 Å². The SMILES string of the molecule is CCCCCCCC(C)(CCCC)c1n[nH]c(=O)o1. The Kier molecular flexibility index (Phi) is 6.89. The molecule has 1 unspecified atom stereocenters. The highest BCUT2D eigenvalue weighted by Crippen LogP contribution is 2.33. The lowest BCUT2D eigenvalue weighted by Gasteiger charge is -2.25. The number of rotatable bonds is 10. The van der Waals surface area contributed by atoms with Crippen LogP contribution in [0.25, 0.3) is 0 Å². The van der Waals surface area contributed by atoms with Crippen LogP contribution in [0.3, 0.4) is 0 Å². The molecule has 1 N–H and O–H groups in total. The summed E-state index contributed by atoms with van der Waals surface area (Å²) in [4.78, 5) is 11.1. The van der Waals surface area contributed by atoms with Gasteiger partial charge in [-0.15, -0.1) is 5.10 Å². The van der Waals surface area contributed by atoms with E-state index in [1.807, 2.05) is 0 Å². The van der Waals surface area contributed by atoms with E-state index in [0.29, 0.717) is 5.89 Å². The van der Waals surface area contributed by atoms with Gasteiger partial charge in [0.25, 0.3) is 0 Å². The van der Waals surface area contributed by atoms with Gasteiger partial charge < -0.3 is 4.42 Å². The van der Waals surface area contributed by atoms with Gasteiger partial charge in [-0.25, -0.2) is 9.89 Å². The minimum absolute atomic E-state index is 0.0958. The normalized spacial score (nSPS) is 14.5. The Hall–Kier alpha value is -1.06. The van der Waals surface area contributed by atoms with E-state index in [9.17, 15) is 4.79 Å². The van der Waals surface area contributed by atoms with Gasteiger partial charge in [-0.1, -0.05) is 65.7 Å². The topological polar surface area (TPSA) is 58.9 Å². The Morgan fingerprint density at radius 2 is 1.68 bits per heavy atom. The first-order valence-electron chi connectivity index (χ1n) is 7.68. The molecule has 1 aromatic heterocycles. The van der Waals surface area contributed by atoms with Crippen LogP contribution in [0.15, 0.2) is 9.21 Å². The number of aromatic amines is 1. The predicted octanol–water partition coefficient (Wildman–Crippen LogP) is 4.17. The Bertz CT molecular complexity index is 397. The second kappa shape index (κ2) is 8.18. The van der Waals surface area contributed by atoms with Gasteiger partial charge in [0, 0.05) is 5.41 Å². The first-order chi connectivity index (χ1) is 9.12. The van der Waals surface area contributed by atoms with E-state index in [1.165, 1.54) is 32.1 Å². The van der Waals surface area contributed by atoms with Crippen LogP contribution < -0.4 is 5.76 Å². The molecular weight excluding hydrogens is 240 g/mol. The summed E-state index contributed by atoms with van der Waals surface area (Å²) < 4.78 is 5.20. The molecule has 0 aliphatic heterocycles. The third kappa shape index (κ3) is 5.21. The molecule has 0 aliphatic carbocycles. The number of hydrogen-bond acceptors (Lipinski definition) is 3. The monoisotopic (exact) mass is 268 g/mol. The summed E-state index contributed by atoms with van der Waals surface area (Å²) in [6, 6.07) is 0. The second-order valence-electron chi connectivity index (χ2n) is 5.75. The molecule has 1 atom stereocenters. The van der Waals surface area contributed by atoms with Crippen LogP contribution in [0.4, 0.5) is 0 Å². The molecule has 1 aromatic rings. The molecule has 0 fully saturated rings. The lowest BCUT2D eigenvalue weighted by Crippen LogP contribution is -2.22. The van der Waals surface area contributed by atoms with E-state index < -0.39 is 5.76 Å². The third-order valence-corrected chi connectivity index (χ3v) is 3.87. The molecule has 0 saturated carbocycles. The summed E-state index contributed by atoms with van der Waals surface area (Å²) in [5, 5.41) is 6.44. The van der Waals surface area contributed by atoms with E-state index in [4.69, 9.17) is 4.42 Å². The molecule has 0 aliphatic rings. The predicted molar refractivity (Wildman–Crippen MR) is 77.4 cm³/mol. The molecule has 0 spiro atoms. The summed E-state index contributed by atoms with van der Waals surface area (Å²) in [6.45, 7) is 6.58. The second-order valence-corrected chi connectivity index (χ2v) is 5.75. The zero-order chi connectivity index (χ0) is 14.1. The maximum atomic E-state index is 11.1. The third-order valence-electron chi connectivity index (χ3n) is 3.87. The van der Waals surface area contributed by atoms with Crippen molar-refractivity contribution in [1.82, 2.24) is 10.2 Å². The minimum atomic E-state index is -0.441. The standard InChI is InChI=1S/C15H28N2O2/c1-4-6-8-9-10-12-15(3,11-7-5-2)13-16-17-14(18)19-13/h4-12H2,1-3H3,(H,17,18). The first kappa shape index (κ1) is 16.0. The number of aromatic nitrogens is 2. The molecule has 4 heteroatoms. The van der Waals surface area contributed by atoms with Crippen molar-refractivity contribution in [3.8, 4) is 0 Å². The Morgan fingerprint density at radius 1 is 1.05 bits per heavy atom. The van der Waals surface area contributed by atoms with Crippen molar-refractivity contribution in [3.63, 3.8) is 0 Å². The highest BCUT2D eigenvalue weighted by atomic mass is 16.4. The molecule has 4 nitrogen and oxygen atoms in total. The van der Waals surface area contributed by atoms with Crippen LogP contribution >= 0.6 is 0 Å². The highest BCUT2D eigenvalue weighted by Gasteiger charge is 2.31. The quantitative estimate of drug-likeness (QED) is 0.648. The van der Waals surface area contributed by atoms with Crippen molar-refractivity contribution < 1.29 is 4.42 Å².